The molecule has 2 atom stereocenters. The molecule has 174 valence electrons. The average Bonchev–Trinajstić information content (AvgIpc) is 2.68. The predicted octanol–water partition coefficient (Wildman–Crippen LogP) is 3.44. The topological polar surface area (TPSA) is 102 Å². The lowest BCUT2D eigenvalue weighted by atomic mass is 10.0. The molecule has 2 aromatic carbocycles. The molecule has 0 saturated carbocycles. The predicted molar refractivity (Wildman–Crippen MR) is 116 cm³/mol. The van der Waals surface area contributed by atoms with Gasteiger partial charge in [0.1, 0.15) is 17.7 Å². The molecule has 2 rings (SSSR count). The summed E-state index contributed by atoms with van der Waals surface area (Å²) in [5.41, 5.74) is 2.43. The van der Waals surface area contributed by atoms with Crippen molar-refractivity contribution in [3.05, 3.63) is 58.2 Å². The van der Waals surface area contributed by atoms with Crippen molar-refractivity contribution in [3.63, 3.8) is 0 Å². The fourth-order valence-electron chi connectivity index (χ4n) is 3.08. The SMILES string of the molecule is Cc1cc(C)c(C)c(S(=O)(=O)N[C@@H](C)C(=O)O[C@H](C)C(=O)Nc2ccc(F)cc2F)c1C. The van der Waals surface area contributed by atoms with E-state index in [1.54, 1.807) is 27.7 Å². The monoisotopic (exact) mass is 468 g/mol. The maximum atomic E-state index is 13.7. The second-order valence-electron chi connectivity index (χ2n) is 7.62. The van der Waals surface area contributed by atoms with E-state index in [9.17, 15) is 26.8 Å². The molecule has 10 heteroatoms. The van der Waals surface area contributed by atoms with E-state index in [1.165, 1.54) is 13.8 Å². The van der Waals surface area contributed by atoms with Crippen molar-refractivity contribution in [2.75, 3.05) is 5.32 Å². The zero-order chi connectivity index (χ0) is 24.4. The highest BCUT2D eigenvalue weighted by Gasteiger charge is 2.29. The van der Waals surface area contributed by atoms with Crippen LogP contribution < -0.4 is 10.0 Å². The van der Waals surface area contributed by atoms with Crippen molar-refractivity contribution in [2.24, 2.45) is 0 Å². The first kappa shape index (κ1) is 25.4. The Morgan fingerprint density at radius 3 is 2.06 bits per heavy atom. The molecule has 7 nitrogen and oxygen atoms in total. The van der Waals surface area contributed by atoms with Crippen molar-refractivity contribution < 1.29 is 31.5 Å². The van der Waals surface area contributed by atoms with Gasteiger partial charge < -0.3 is 10.1 Å². The Morgan fingerprint density at radius 2 is 1.53 bits per heavy atom. The first-order chi connectivity index (χ1) is 14.7. The number of rotatable bonds is 7. The van der Waals surface area contributed by atoms with Crippen molar-refractivity contribution in [1.82, 2.24) is 4.72 Å². The fourth-order valence-corrected chi connectivity index (χ4v) is 4.89. The maximum Gasteiger partial charge on any atom is 0.324 e. The molecule has 0 saturated heterocycles. The number of esters is 1. The van der Waals surface area contributed by atoms with E-state index >= 15 is 0 Å². The first-order valence-corrected chi connectivity index (χ1v) is 11.3. The van der Waals surface area contributed by atoms with Gasteiger partial charge >= 0.3 is 5.97 Å². The molecule has 2 N–H and O–H groups in total. The number of amides is 1. The van der Waals surface area contributed by atoms with Crippen molar-refractivity contribution >= 4 is 27.6 Å². The number of ether oxygens (including phenoxy) is 1. The molecule has 0 aliphatic heterocycles. The first-order valence-electron chi connectivity index (χ1n) is 9.80. The molecule has 0 heterocycles. The van der Waals surface area contributed by atoms with E-state index in [0.29, 0.717) is 17.2 Å². The third kappa shape index (κ3) is 5.68. The Morgan fingerprint density at radius 1 is 0.969 bits per heavy atom. The molecule has 32 heavy (non-hydrogen) atoms. The number of hydrogen-bond acceptors (Lipinski definition) is 5. The largest absolute Gasteiger partial charge is 0.451 e. The van der Waals surface area contributed by atoms with Crippen LogP contribution in [0, 0.1) is 39.3 Å². The third-order valence-corrected chi connectivity index (χ3v) is 6.92. The number of anilines is 1. The number of sulfonamides is 1. The molecule has 0 radical (unpaired) electrons. The second kappa shape index (κ2) is 9.74. The maximum absolute atomic E-state index is 13.7. The van der Waals surface area contributed by atoms with Crippen molar-refractivity contribution in [2.45, 2.75) is 58.6 Å². The van der Waals surface area contributed by atoms with Gasteiger partial charge in [0.25, 0.3) is 5.91 Å². The summed E-state index contributed by atoms with van der Waals surface area (Å²) < 4.78 is 59.9. The van der Waals surface area contributed by atoms with Gasteiger partial charge in [-0.1, -0.05) is 6.07 Å². The minimum Gasteiger partial charge on any atom is -0.451 e. The van der Waals surface area contributed by atoms with E-state index in [4.69, 9.17) is 4.74 Å². The molecule has 0 aliphatic rings. The van der Waals surface area contributed by atoms with Crippen molar-refractivity contribution in [1.29, 1.82) is 0 Å². The molecule has 0 bridgehead atoms. The van der Waals surface area contributed by atoms with Crippen LogP contribution in [-0.2, 0) is 24.3 Å². The lowest BCUT2D eigenvalue weighted by Crippen LogP contribution is -2.42. The van der Waals surface area contributed by atoms with Gasteiger partial charge in [-0.05, 0) is 75.9 Å². The highest BCUT2D eigenvalue weighted by atomic mass is 32.2. The van der Waals surface area contributed by atoms with Gasteiger partial charge in [-0.25, -0.2) is 17.2 Å². The lowest BCUT2D eigenvalue weighted by Gasteiger charge is -2.20. The zero-order valence-corrected chi connectivity index (χ0v) is 19.5. The Labute approximate surface area is 186 Å². The summed E-state index contributed by atoms with van der Waals surface area (Å²) in [6.45, 7) is 9.48. The molecular weight excluding hydrogens is 442 g/mol. The summed E-state index contributed by atoms with van der Waals surface area (Å²) in [5, 5.41) is 2.19. The van der Waals surface area contributed by atoms with Gasteiger partial charge in [-0.2, -0.15) is 4.72 Å². The smallest absolute Gasteiger partial charge is 0.324 e. The van der Waals surface area contributed by atoms with E-state index in [1.807, 2.05) is 6.07 Å². The number of aryl methyl sites for hydroxylation is 2. The summed E-state index contributed by atoms with van der Waals surface area (Å²) in [5.74, 6) is -3.65. The highest BCUT2D eigenvalue weighted by molar-refractivity contribution is 7.89. The third-order valence-electron chi connectivity index (χ3n) is 5.10. The zero-order valence-electron chi connectivity index (χ0n) is 18.7. The summed E-state index contributed by atoms with van der Waals surface area (Å²) in [6, 6.07) is 3.18. The van der Waals surface area contributed by atoms with E-state index in [-0.39, 0.29) is 10.6 Å². The standard InChI is InChI=1S/C22H26F2N2O5S/c1-11-9-12(2)14(4)20(13(11)3)32(29,30)26-15(5)22(28)31-16(6)21(27)25-19-8-7-17(23)10-18(19)24/h7-10,15-16,26H,1-6H3,(H,25,27)/t15-,16+/m0/s1. The Balaban J connectivity index is 2.10. The number of nitrogens with one attached hydrogen (secondary N) is 2. The number of carbonyl (C=O) groups is 2. The van der Waals surface area contributed by atoms with Crippen LogP contribution in [0.2, 0.25) is 0 Å². The molecule has 0 aromatic heterocycles. The van der Waals surface area contributed by atoms with Crippen LogP contribution in [-0.4, -0.2) is 32.4 Å². The number of carbonyl (C=O) groups excluding carboxylic acids is 2. The van der Waals surface area contributed by atoms with Crippen LogP contribution in [0.4, 0.5) is 14.5 Å². The number of halogens is 2. The summed E-state index contributed by atoms with van der Waals surface area (Å²) >= 11 is 0. The molecular formula is C22H26F2N2O5S. The summed E-state index contributed by atoms with van der Waals surface area (Å²) in [7, 11) is -4.06. The van der Waals surface area contributed by atoms with Crippen LogP contribution in [0.5, 0.6) is 0 Å². The fraction of sp³-hybridized carbons (Fsp3) is 0.364. The van der Waals surface area contributed by atoms with E-state index in [0.717, 1.165) is 23.3 Å². The highest BCUT2D eigenvalue weighted by Crippen LogP contribution is 2.26. The average molecular weight is 469 g/mol. The Kier molecular flexibility index (Phi) is 7.74. The number of benzene rings is 2. The molecule has 0 fully saturated rings. The molecule has 0 aliphatic carbocycles. The molecule has 0 unspecified atom stereocenters. The van der Waals surface area contributed by atoms with Crippen LogP contribution in [0.3, 0.4) is 0 Å². The van der Waals surface area contributed by atoms with Crippen molar-refractivity contribution in [3.8, 4) is 0 Å². The Hall–Kier alpha value is -2.85. The van der Waals surface area contributed by atoms with E-state index < -0.39 is 45.7 Å². The number of hydrogen-bond donors (Lipinski definition) is 2. The summed E-state index contributed by atoms with van der Waals surface area (Å²) in [4.78, 5) is 24.7. The molecule has 2 aromatic rings. The van der Waals surface area contributed by atoms with Crippen LogP contribution in [0.15, 0.2) is 29.2 Å². The van der Waals surface area contributed by atoms with Crippen LogP contribution in [0.1, 0.15) is 36.1 Å². The van der Waals surface area contributed by atoms with Gasteiger partial charge in [0.2, 0.25) is 10.0 Å². The van der Waals surface area contributed by atoms with Crippen LogP contribution >= 0.6 is 0 Å². The summed E-state index contributed by atoms with van der Waals surface area (Å²) in [6.07, 6.45) is -1.36. The Bertz CT molecular complexity index is 1140. The normalized spacial score (nSPS) is 13.4. The van der Waals surface area contributed by atoms with Gasteiger partial charge in [0.05, 0.1) is 10.6 Å². The van der Waals surface area contributed by atoms with Gasteiger partial charge in [0.15, 0.2) is 6.10 Å². The lowest BCUT2D eigenvalue weighted by molar-refractivity contribution is -0.154. The minimum absolute atomic E-state index is 0.0900. The van der Waals surface area contributed by atoms with Gasteiger partial charge in [-0.3, -0.25) is 9.59 Å². The second-order valence-corrected chi connectivity index (χ2v) is 9.28. The minimum atomic E-state index is -4.06. The molecule has 1 amide bonds. The quantitative estimate of drug-likeness (QED) is 0.607. The van der Waals surface area contributed by atoms with Gasteiger partial charge in [0, 0.05) is 6.07 Å². The van der Waals surface area contributed by atoms with E-state index in [2.05, 4.69) is 10.0 Å². The molecule has 0 spiro atoms. The van der Waals surface area contributed by atoms with Gasteiger partial charge in [-0.15, -0.1) is 0 Å². The van der Waals surface area contributed by atoms with Crippen LogP contribution in [0.25, 0.3) is 0 Å².